The van der Waals surface area contributed by atoms with Crippen LogP contribution >= 0.6 is 0 Å². The lowest BCUT2D eigenvalue weighted by Crippen LogP contribution is -2.38. The molecule has 232 valence electrons. The smallest absolute Gasteiger partial charge is 0.229 e. The van der Waals surface area contributed by atoms with Crippen molar-refractivity contribution in [2.24, 2.45) is 5.92 Å². The number of ketones is 1. The lowest BCUT2D eigenvalue weighted by molar-refractivity contribution is -0.130. The summed E-state index contributed by atoms with van der Waals surface area (Å²) in [4.78, 5) is 26.0. The van der Waals surface area contributed by atoms with E-state index in [9.17, 15) is 9.59 Å². The predicted octanol–water partition coefficient (Wildman–Crippen LogP) is 7.30. The molecular formula is C36H46F2N2O3. The molecule has 5 nitrogen and oxygen atoms in total. The van der Waals surface area contributed by atoms with E-state index in [-0.39, 0.29) is 54.0 Å². The number of nitrogens with one attached hydrogen (secondary N) is 2. The predicted molar refractivity (Wildman–Crippen MR) is 165 cm³/mol. The Balaban J connectivity index is 1.22. The fourth-order valence-corrected chi connectivity index (χ4v) is 8.10. The van der Waals surface area contributed by atoms with E-state index in [1.54, 1.807) is 13.1 Å². The fraction of sp³-hybridized carbons (Fsp3) is 0.611. The zero-order chi connectivity index (χ0) is 30.4. The highest BCUT2D eigenvalue weighted by Gasteiger charge is 2.53. The molecule has 6 rings (SSSR count). The van der Waals surface area contributed by atoms with E-state index < -0.39 is 11.1 Å². The van der Waals surface area contributed by atoms with Crippen LogP contribution in [0.1, 0.15) is 108 Å². The normalized spacial score (nSPS) is 26.9. The first-order valence-corrected chi connectivity index (χ1v) is 16.3. The SMILES string of the molecule is CNC(=O)C(C)(C)c1ccc(O[C@@H]2CC[C@@H](CC(=O)[C@@]3(F)CNC4(CCCC4)C3)C2)c(-c2cccc(F)c2C2CCC2)c1. The van der Waals surface area contributed by atoms with E-state index in [2.05, 4.69) is 10.6 Å². The van der Waals surface area contributed by atoms with Gasteiger partial charge in [-0.1, -0.05) is 37.5 Å². The number of carbonyl (C=O) groups is 2. The summed E-state index contributed by atoms with van der Waals surface area (Å²) in [6.07, 6.45) is 9.84. The fourth-order valence-electron chi connectivity index (χ4n) is 8.10. The number of rotatable bonds is 9. The lowest BCUT2D eigenvalue weighted by Gasteiger charge is -2.30. The number of amides is 1. The van der Waals surface area contributed by atoms with Gasteiger partial charge in [-0.2, -0.15) is 0 Å². The molecule has 0 bridgehead atoms. The summed E-state index contributed by atoms with van der Waals surface area (Å²) < 4.78 is 37.8. The Morgan fingerprint density at radius 3 is 2.51 bits per heavy atom. The van der Waals surface area contributed by atoms with Crippen LogP contribution < -0.4 is 15.4 Å². The summed E-state index contributed by atoms with van der Waals surface area (Å²) in [6.45, 7) is 3.90. The van der Waals surface area contributed by atoms with E-state index in [0.717, 1.165) is 80.0 Å². The first-order valence-electron chi connectivity index (χ1n) is 16.3. The van der Waals surface area contributed by atoms with Gasteiger partial charge in [-0.05, 0) is 106 Å². The molecule has 2 aromatic carbocycles. The van der Waals surface area contributed by atoms with Crippen LogP contribution in [0, 0.1) is 11.7 Å². The minimum absolute atomic E-state index is 0.0832. The van der Waals surface area contributed by atoms with E-state index >= 15 is 8.78 Å². The van der Waals surface area contributed by atoms with Gasteiger partial charge in [0, 0.05) is 37.5 Å². The molecule has 2 N–H and O–H groups in total. The number of alkyl halides is 1. The van der Waals surface area contributed by atoms with Gasteiger partial charge in [-0.3, -0.25) is 9.59 Å². The largest absolute Gasteiger partial charge is 0.490 e. The number of benzene rings is 2. The Labute approximate surface area is 254 Å². The standard InChI is InChI=1S/C36H46F2N2O3/c1-34(2,33(42)39-3)25-13-15-30(28(20-25)27-10-7-11-29(37)32(27)24-8-6-9-24)43-26-14-12-23(18-26)19-31(41)36(38)21-35(40-22-36)16-4-5-17-35/h7,10-11,13,15,20,23-24,26,40H,4-6,8-9,12,14,16-19,21-22H2,1-3H3,(H,39,42)/t23-,26-,36+/m1/s1. The molecule has 1 heterocycles. The molecular weight excluding hydrogens is 546 g/mol. The van der Waals surface area contributed by atoms with E-state index in [4.69, 9.17) is 4.74 Å². The van der Waals surface area contributed by atoms with Crippen LogP contribution in [-0.2, 0) is 15.0 Å². The van der Waals surface area contributed by atoms with Crippen molar-refractivity contribution in [3.8, 4) is 16.9 Å². The summed E-state index contributed by atoms with van der Waals surface area (Å²) in [5, 5.41) is 6.13. The Hall–Kier alpha value is -2.80. The van der Waals surface area contributed by atoms with Crippen LogP contribution in [0.2, 0.25) is 0 Å². The highest BCUT2D eigenvalue weighted by molar-refractivity contribution is 5.89. The van der Waals surface area contributed by atoms with Crippen molar-refractivity contribution < 1.29 is 23.1 Å². The van der Waals surface area contributed by atoms with Crippen LogP contribution in [0.25, 0.3) is 11.1 Å². The zero-order valence-corrected chi connectivity index (χ0v) is 25.9. The maximum Gasteiger partial charge on any atom is 0.229 e. The monoisotopic (exact) mass is 592 g/mol. The van der Waals surface area contributed by atoms with Gasteiger partial charge < -0.3 is 15.4 Å². The molecule has 43 heavy (non-hydrogen) atoms. The Kier molecular flexibility index (Phi) is 8.16. The summed E-state index contributed by atoms with van der Waals surface area (Å²) in [5.74, 6) is 0.341. The Morgan fingerprint density at radius 2 is 1.81 bits per heavy atom. The van der Waals surface area contributed by atoms with Crippen molar-refractivity contribution >= 4 is 11.7 Å². The van der Waals surface area contributed by atoms with Gasteiger partial charge in [0.1, 0.15) is 11.6 Å². The van der Waals surface area contributed by atoms with Gasteiger partial charge in [0.2, 0.25) is 5.91 Å². The summed E-state index contributed by atoms with van der Waals surface area (Å²) in [6, 6.07) is 11.0. The van der Waals surface area contributed by atoms with Crippen molar-refractivity contribution in [2.45, 2.75) is 120 Å². The first kappa shape index (κ1) is 30.2. The van der Waals surface area contributed by atoms with Gasteiger partial charge >= 0.3 is 0 Å². The molecule has 7 heteroatoms. The maximum atomic E-state index is 15.8. The molecule has 3 saturated carbocycles. The minimum atomic E-state index is -1.76. The number of hydrogen-bond acceptors (Lipinski definition) is 4. The molecule has 4 aliphatic rings. The molecule has 0 aromatic heterocycles. The number of ether oxygens (including phenoxy) is 1. The molecule has 1 aliphatic heterocycles. The molecule has 3 atom stereocenters. The van der Waals surface area contributed by atoms with Crippen LogP contribution in [0.4, 0.5) is 8.78 Å². The van der Waals surface area contributed by atoms with Crippen LogP contribution in [0.15, 0.2) is 36.4 Å². The van der Waals surface area contributed by atoms with E-state index in [1.165, 1.54) is 6.07 Å². The van der Waals surface area contributed by atoms with Gasteiger partial charge in [-0.25, -0.2) is 8.78 Å². The van der Waals surface area contributed by atoms with Crippen molar-refractivity contribution in [1.82, 2.24) is 10.6 Å². The molecule has 1 amide bonds. The number of Topliss-reactive ketones (excluding diaryl/α,β-unsaturated/α-hetero) is 1. The summed E-state index contributed by atoms with van der Waals surface area (Å²) in [7, 11) is 1.63. The van der Waals surface area contributed by atoms with Gasteiger partial charge in [-0.15, -0.1) is 0 Å². The Morgan fingerprint density at radius 1 is 1.05 bits per heavy atom. The van der Waals surface area contributed by atoms with Crippen molar-refractivity contribution in [3.63, 3.8) is 0 Å². The van der Waals surface area contributed by atoms with Gasteiger partial charge in [0.25, 0.3) is 0 Å². The number of carbonyl (C=O) groups excluding carboxylic acids is 2. The molecule has 0 unspecified atom stereocenters. The zero-order valence-electron chi connectivity index (χ0n) is 25.9. The van der Waals surface area contributed by atoms with Crippen LogP contribution in [0.3, 0.4) is 0 Å². The Bertz CT molecular complexity index is 1380. The first-order chi connectivity index (χ1) is 20.5. The second-order valence-electron chi connectivity index (χ2n) is 14.3. The highest BCUT2D eigenvalue weighted by Crippen LogP contribution is 2.47. The van der Waals surface area contributed by atoms with Crippen LogP contribution in [-0.4, -0.2) is 42.6 Å². The van der Waals surface area contributed by atoms with Gasteiger partial charge in [0.15, 0.2) is 11.5 Å². The van der Waals surface area contributed by atoms with Crippen molar-refractivity contribution in [3.05, 3.63) is 53.3 Å². The molecule has 1 saturated heterocycles. The molecule has 1 spiro atoms. The highest BCUT2D eigenvalue weighted by atomic mass is 19.1. The van der Waals surface area contributed by atoms with Crippen molar-refractivity contribution in [2.75, 3.05) is 13.6 Å². The second-order valence-corrected chi connectivity index (χ2v) is 14.3. The molecule has 4 fully saturated rings. The summed E-state index contributed by atoms with van der Waals surface area (Å²) >= 11 is 0. The molecule has 3 aliphatic carbocycles. The van der Waals surface area contributed by atoms with Crippen molar-refractivity contribution in [1.29, 1.82) is 0 Å². The number of halogens is 2. The average Bonchev–Trinajstić information content (AvgIpc) is 3.69. The lowest BCUT2D eigenvalue weighted by atomic mass is 9.76. The number of hydrogen-bond donors (Lipinski definition) is 2. The minimum Gasteiger partial charge on any atom is -0.490 e. The number of likely N-dealkylation sites (N-methyl/N-ethyl adjacent to an activating group) is 1. The summed E-state index contributed by atoms with van der Waals surface area (Å²) in [5.41, 5.74) is 0.409. The van der Waals surface area contributed by atoms with Gasteiger partial charge in [0.05, 0.1) is 11.5 Å². The van der Waals surface area contributed by atoms with E-state index in [0.29, 0.717) is 18.6 Å². The molecule has 0 radical (unpaired) electrons. The molecule has 2 aromatic rings. The maximum absolute atomic E-state index is 15.8. The third-order valence-electron chi connectivity index (χ3n) is 11.0. The van der Waals surface area contributed by atoms with E-state index in [1.807, 2.05) is 38.1 Å². The topological polar surface area (TPSA) is 67.4 Å². The average molecular weight is 593 g/mol. The quantitative estimate of drug-likeness (QED) is 0.321. The third kappa shape index (κ3) is 5.74. The third-order valence-corrected chi connectivity index (χ3v) is 11.0. The van der Waals surface area contributed by atoms with Crippen LogP contribution in [0.5, 0.6) is 5.75 Å². The second kappa shape index (κ2) is 11.6.